The molecule has 5 heteroatoms. The van der Waals surface area contributed by atoms with Gasteiger partial charge in [0.15, 0.2) is 17.3 Å². The summed E-state index contributed by atoms with van der Waals surface area (Å²) in [4.78, 5) is 12.1. The summed E-state index contributed by atoms with van der Waals surface area (Å²) in [5.74, 6) is 0.217. The van der Waals surface area contributed by atoms with Crippen LogP contribution in [0.2, 0.25) is 5.02 Å². The average Bonchev–Trinajstić information content (AvgIpc) is 2.37. The van der Waals surface area contributed by atoms with Gasteiger partial charge in [-0.1, -0.05) is 18.5 Å². The number of hydrogen-bond acceptors (Lipinski definition) is 4. The number of carbonyl (C=O) groups excluding carboxylic acids is 1. The highest BCUT2D eigenvalue weighted by Gasteiger charge is 2.22. The van der Waals surface area contributed by atoms with E-state index in [1.165, 1.54) is 14.2 Å². The van der Waals surface area contributed by atoms with Gasteiger partial charge in [0.25, 0.3) is 0 Å². The van der Waals surface area contributed by atoms with Gasteiger partial charge < -0.3 is 9.47 Å². The molecule has 1 aromatic carbocycles. The summed E-state index contributed by atoms with van der Waals surface area (Å²) in [7, 11) is 2.95. The predicted octanol–water partition coefficient (Wildman–Crippen LogP) is 3.09. The smallest absolute Gasteiger partial charge is 0.180 e. The van der Waals surface area contributed by atoms with Crippen molar-refractivity contribution in [2.75, 3.05) is 14.2 Å². The van der Waals surface area contributed by atoms with Gasteiger partial charge >= 0.3 is 0 Å². The number of methoxy groups -OCH3 is 2. The molecule has 0 aliphatic heterocycles. The van der Waals surface area contributed by atoms with Gasteiger partial charge in [0.05, 0.1) is 25.3 Å². The van der Waals surface area contributed by atoms with E-state index in [0.717, 1.165) is 0 Å². The number of carbonyl (C=O) groups is 1. The number of Topliss-reactive ketones (excluding diaryl/α,β-unsaturated/α-hetero) is 1. The second kappa shape index (κ2) is 6.27. The molecule has 1 atom stereocenters. The first-order valence-electron chi connectivity index (χ1n) is 5.38. The van der Waals surface area contributed by atoms with Crippen LogP contribution >= 0.6 is 11.6 Å². The number of nitriles is 1. The first-order chi connectivity index (χ1) is 8.56. The maximum absolute atomic E-state index is 12.1. The zero-order valence-corrected chi connectivity index (χ0v) is 11.2. The number of hydrogen-bond donors (Lipinski definition) is 0. The summed E-state index contributed by atoms with van der Waals surface area (Å²) in [5.41, 5.74) is 0.345. The molecule has 4 nitrogen and oxygen atoms in total. The van der Waals surface area contributed by atoms with Gasteiger partial charge in [-0.05, 0) is 12.1 Å². The highest BCUT2D eigenvalue weighted by molar-refractivity contribution is 6.35. The molecule has 18 heavy (non-hydrogen) atoms. The molecule has 96 valence electrons. The Morgan fingerprint density at radius 3 is 2.61 bits per heavy atom. The molecule has 1 aromatic rings. The molecule has 0 aliphatic carbocycles. The summed E-state index contributed by atoms with van der Waals surface area (Å²) < 4.78 is 10.2. The zero-order valence-electron chi connectivity index (χ0n) is 10.5. The van der Waals surface area contributed by atoms with Crippen molar-refractivity contribution in [3.05, 3.63) is 22.7 Å². The van der Waals surface area contributed by atoms with Crippen LogP contribution in [0, 0.1) is 17.2 Å². The Bertz CT molecular complexity index is 494. The van der Waals surface area contributed by atoms with Crippen LogP contribution in [0.4, 0.5) is 0 Å². The SMILES string of the molecule is COc1ccc(C(=O)C(C)CC#N)c(Cl)c1OC. The summed E-state index contributed by atoms with van der Waals surface area (Å²) in [6.07, 6.45) is 0.156. The average molecular weight is 268 g/mol. The van der Waals surface area contributed by atoms with Crippen LogP contribution in [0.25, 0.3) is 0 Å². The van der Waals surface area contributed by atoms with E-state index in [9.17, 15) is 4.79 Å². The molecular formula is C13H14ClNO3. The number of rotatable bonds is 5. The number of benzene rings is 1. The van der Waals surface area contributed by atoms with Gasteiger partial charge in [-0.2, -0.15) is 5.26 Å². The van der Waals surface area contributed by atoms with Crippen LogP contribution in [0.5, 0.6) is 11.5 Å². The molecule has 0 aromatic heterocycles. The van der Waals surface area contributed by atoms with Crippen molar-refractivity contribution in [3.63, 3.8) is 0 Å². The Morgan fingerprint density at radius 2 is 2.11 bits per heavy atom. The van der Waals surface area contributed by atoms with E-state index in [4.69, 9.17) is 26.3 Å². The fourth-order valence-corrected chi connectivity index (χ4v) is 1.90. The quantitative estimate of drug-likeness (QED) is 0.769. The van der Waals surface area contributed by atoms with Gasteiger partial charge in [-0.3, -0.25) is 4.79 Å². The molecule has 0 N–H and O–H groups in total. The van der Waals surface area contributed by atoms with E-state index in [1.54, 1.807) is 19.1 Å². The summed E-state index contributed by atoms with van der Waals surface area (Å²) in [6.45, 7) is 1.69. The van der Waals surface area contributed by atoms with E-state index >= 15 is 0 Å². The van der Waals surface area contributed by atoms with E-state index in [1.807, 2.05) is 6.07 Å². The van der Waals surface area contributed by atoms with Gasteiger partial charge in [0.1, 0.15) is 0 Å². The lowest BCUT2D eigenvalue weighted by atomic mass is 9.96. The standard InChI is InChI=1S/C13H14ClNO3/c1-8(6-7-15)12(16)9-4-5-10(17-2)13(18-3)11(9)14/h4-5,8H,6H2,1-3H3. The molecule has 0 heterocycles. The van der Waals surface area contributed by atoms with Crippen molar-refractivity contribution < 1.29 is 14.3 Å². The topological polar surface area (TPSA) is 59.3 Å². The molecule has 0 saturated carbocycles. The molecule has 0 radical (unpaired) electrons. The van der Waals surface area contributed by atoms with E-state index in [0.29, 0.717) is 17.1 Å². The third-order valence-electron chi connectivity index (χ3n) is 2.60. The Morgan fingerprint density at radius 1 is 1.44 bits per heavy atom. The van der Waals surface area contributed by atoms with Crippen LogP contribution in [0.1, 0.15) is 23.7 Å². The second-order valence-electron chi connectivity index (χ2n) is 3.79. The lowest BCUT2D eigenvalue weighted by Crippen LogP contribution is -2.11. The first kappa shape index (κ1) is 14.3. The third-order valence-corrected chi connectivity index (χ3v) is 2.97. The fraction of sp³-hybridized carbons (Fsp3) is 0.385. The minimum absolute atomic E-state index is 0.156. The molecule has 0 saturated heterocycles. The van der Waals surface area contributed by atoms with Crippen LogP contribution in [-0.4, -0.2) is 20.0 Å². The summed E-state index contributed by atoms with van der Waals surface area (Å²) in [6, 6.07) is 5.17. The van der Waals surface area contributed by atoms with Crippen molar-refractivity contribution in [2.45, 2.75) is 13.3 Å². The van der Waals surface area contributed by atoms with Crippen molar-refractivity contribution in [2.24, 2.45) is 5.92 Å². The van der Waals surface area contributed by atoms with Crippen molar-refractivity contribution in [1.82, 2.24) is 0 Å². The zero-order chi connectivity index (χ0) is 13.7. The Balaban J connectivity index is 3.19. The van der Waals surface area contributed by atoms with Crippen LogP contribution in [0.15, 0.2) is 12.1 Å². The third kappa shape index (κ3) is 2.74. The fourth-order valence-electron chi connectivity index (χ4n) is 1.57. The Kier molecular flexibility index (Phi) is 4.99. The number of ether oxygens (including phenoxy) is 2. The Hall–Kier alpha value is -1.73. The number of ketones is 1. The monoisotopic (exact) mass is 267 g/mol. The first-order valence-corrected chi connectivity index (χ1v) is 5.76. The minimum Gasteiger partial charge on any atom is -0.493 e. The highest BCUT2D eigenvalue weighted by Crippen LogP contribution is 2.38. The van der Waals surface area contributed by atoms with Gasteiger partial charge in [-0.25, -0.2) is 0 Å². The molecule has 0 fully saturated rings. The molecule has 1 unspecified atom stereocenters. The van der Waals surface area contributed by atoms with E-state index < -0.39 is 5.92 Å². The normalized spacial score (nSPS) is 11.5. The van der Waals surface area contributed by atoms with Crippen LogP contribution in [-0.2, 0) is 0 Å². The maximum Gasteiger partial charge on any atom is 0.180 e. The molecule has 0 spiro atoms. The second-order valence-corrected chi connectivity index (χ2v) is 4.17. The highest BCUT2D eigenvalue weighted by atomic mass is 35.5. The molecule has 0 aliphatic rings. The van der Waals surface area contributed by atoms with Gasteiger partial charge in [-0.15, -0.1) is 0 Å². The summed E-state index contributed by atoms with van der Waals surface area (Å²) >= 11 is 6.12. The van der Waals surface area contributed by atoms with Crippen LogP contribution in [0.3, 0.4) is 0 Å². The lowest BCUT2D eigenvalue weighted by molar-refractivity contribution is 0.0931. The largest absolute Gasteiger partial charge is 0.493 e. The van der Waals surface area contributed by atoms with Gasteiger partial charge in [0, 0.05) is 17.9 Å². The maximum atomic E-state index is 12.1. The van der Waals surface area contributed by atoms with E-state index in [2.05, 4.69) is 0 Å². The summed E-state index contributed by atoms with van der Waals surface area (Å²) in [5, 5.41) is 8.82. The molecule has 0 bridgehead atoms. The lowest BCUT2D eigenvalue weighted by Gasteiger charge is -2.13. The molecule has 0 amide bonds. The van der Waals surface area contributed by atoms with Crippen molar-refractivity contribution in [1.29, 1.82) is 5.26 Å². The molecule has 1 rings (SSSR count). The molecular weight excluding hydrogens is 254 g/mol. The predicted molar refractivity (Wildman–Crippen MR) is 68.3 cm³/mol. The van der Waals surface area contributed by atoms with Crippen LogP contribution < -0.4 is 9.47 Å². The van der Waals surface area contributed by atoms with Crippen molar-refractivity contribution in [3.8, 4) is 17.6 Å². The number of halogens is 1. The van der Waals surface area contributed by atoms with Gasteiger partial charge in [0.2, 0.25) is 0 Å². The Labute approximate surface area is 111 Å². The minimum atomic E-state index is -0.398. The number of nitrogens with zero attached hydrogens (tertiary/aromatic N) is 1. The van der Waals surface area contributed by atoms with Crippen molar-refractivity contribution >= 4 is 17.4 Å². The van der Waals surface area contributed by atoms with E-state index in [-0.39, 0.29) is 17.2 Å².